The lowest BCUT2D eigenvalue weighted by atomic mass is 9.74. The fourth-order valence-corrected chi connectivity index (χ4v) is 9.21. The molecule has 4 N–H and O–H groups in total. The Labute approximate surface area is 290 Å². The highest BCUT2D eigenvalue weighted by Gasteiger charge is 2.54. The average molecular weight is 695 g/mol. The number of hydrogen-bond acceptors (Lipinski definition) is 6. The van der Waals surface area contributed by atoms with Crippen molar-refractivity contribution in [3.8, 4) is 0 Å². The molecular weight excluding hydrogens is 648 g/mol. The number of anilines is 1. The lowest BCUT2D eigenvalue weighted by Gasteiger charge is -2.42. The van der Waals surface area contributed by atoms with Crippen molar-refractivity contribution in [2.45, 2.75) is 101 Å². The van der Waals surface area contributed by atoms with Crippen LogP contribution in [-0.2, 0) is 36.9 Å². The summed E-state index contributed by atoms with van der Waals surface area (Å²) in [5, 5.41) is 3.10. The molecule has 7 rings (SSSR count). The molecule has 11 heteroatoms. The molecule has 5 aliphatic heterocycles. The predicted molar refractivity (Wildman–Crippen MR) is 180 cm³/mol. The molecular formula is C37H47ClN4O5S. The zero-order valence-electron chi connectivity index (χ0n) is 28.4. The lowest BCUT2D eigenvalue weighted by Crippen LogP contribution is -3.00. The van der Waals surface area contributed by atoms with Gasteiger partial charge in [0.25, 0.3) is 0 Å². The number of ether oxygens (including phenoxy) is 1. The second-order valence-corrected chi connectivity index (χ2v) is 16.2. The molecule has 5 heterocycles. The molecule has 0 saturated carbocycles. The summed E-state index contributed by atoms with van der Waals surface area (Å²) in [6.07, 6.45) is 8.82. The van der Waals surface area contributed by atoms with Gasteiger partial charge in [0.15, 0.2) is 12.3 Å². The van der Waals surface area contributed by atoms with Crippen molar-refractivity contribution in [1.82, 2.24) is 5.32 Å². The van der Waals surface area contributed by atoms with Crippen molar-refractivity contribution in [3.63, 3.8) is 0 Å². The van der Waals surface area contributed by atoms with E-state index >= 15 is 0 Å². The maximum absolute atomic E-state index is 12.8. The van der Waals surface area contributed by atoms with E-state index in [1.807, 2.05) is 0 Å². The Morgan fingerprint density at radius 2 is 1.79 bits per heavy atom. The van der Waals surface area contributed by atoms with E-state index in [9.17, 15) is 17.8 Å². The Kier molecular flexibility index (Phi) is 9.22. The molecule has 48 heavy (non-hydrogen) atoms. The fraction of sp³-hybridized carbons (Fsp3) is 0.514. The van der Waals surface area contributed by atoms with Crippen molar-refractivity contribution < 1.29 is 45.2 Å². The van der Waals surface area contributed by atoms with Crippen LogP contribution in [0.2, 0.25) is 0 Å². The second kappa shape index (κ2) is 12.7. The summed E-state index contributed by atoms with van der Waals surface area (Å²) in [5.41, 5.74) is 13.1. The van der Waals surface area contributed by atoms with Crippen LogP contribution in [0.1, 0.15) is 82.9 Å². The van der Waals surface area contributed by atoms with Crippen LogP contribution >= 0.6 is 0 Å². The number of carbonyl (C=O) groups excluding carboxylic acids is 1. The van der Waals surface area contributed by atoms with E-state index < -0.39 is 15.5 Å². The van der Waals surface area contributed by atoms with E-state index in [2.05, 4.69) is 72.5 Å². The van der Waals surface area contributed by atoms with Gasteiger partial charge >= 0.3 is 0 Å². The number of carbonyl (C=O) groups is 1. The van der Waals surface area contributed by atoms with E-state index in [0.29, 0.717) is 13.0 Å². The number of benzene rings is 2. The number of nitrogens with one attached hydrogen (secondary N) is 1. The summed E-state index contributed by atoms with van der Waals surface area (Å²) < 4.78 is 45.0. The molecule has 0 bridgehead atoms. The molecule has 9 nitrogen and oxygen atoms in total. The SMILES string of the molecule is CC1(C)C2=C3C=C4C5=[N+](CCC4OC3CCN2c2ccc(CC(=O)NCCCCCC[NH3+])cc21)c1ccc(S(=O)(=O)[O-])cc1C5(C)C.[Cl-]. The van der Waals surface area contributed by atoms with Crippen LogP contribution in [0.25, 0.3) is 0 Å². The monoisotopic (exact) mass is 694 g/mol. The van der Waals surface area contributed by atoms with E-state index in [1.165, 1.54) is 28.6 Å². The van der Waals surface area contributed by atoms with Gasteiger partial charge in [-0.1, -0.05) is 32.4 Å². The third kappa shape index (κ3) is 5.73. The maximum atomic E-state index is 12.8. The molecule has 0 aliphatic carbocycles. The van der Waals surface area contributed by atoms with Crippen molar-refractivity contribution >= 4 is 33.1 Å². The first-order valence-corrected chi connectivity index (χ1v) is 18.6. The highest BCUT2D eigenvalue weighted by Crippen LogP contribution is 2.54. The predicted octanol–water partition coefficient (Wildman–Crippen LogP) is 0.985. The first-order chi connectivity index (χ1) is 22.3. The van der Waals surface area contributed by atoms with Gasteiger partial charge < -0.3 is 37.6 Å². The van der Waals surface area contributed by atoms with Gasteiger partial charge in [0.1, 0.15) is 10.1 Å². The number of quaternary nitrogens is 1. The number of unbranched alkanes of at least 4 members (excludes halogenated alkanes) is 3. The van der Waals surface area contributed by atoms with Crippen LogP contribution in [0.5, 0.6) is 0 Å². The van der Waals surface area contributed by atoms with Gasteiger partial charge in [-0.05, 0) is 74.9 Å². The van der Waals surface area contributed by atoms with Gasteiger partial charge in [-0.15, -0.1) is 0 Å². The van der Waals surface area contributed by atoms with Crippen molar-refractivity contribution in [1.29, 1.82) is 0 Å². The number of halogens is 1. The standard InChI is InChI=1S/C37H46N4O5S.ClH/c1-36(2)27-19-23(20-33(42)39-16-8-6-5-7-15-38)9-11-29(27)40-17-13-31-25(34(36)40)22-26-32(46-31)14-18-41-30-12-10-24(47(43,44)45)21-28(30)37(3,4)35(26)41;/h9-12,19,21-22,31-32H,5-8,13-18,20,38H2,1-4H3,(H-,39,42,43,44,45);1H. The summed E-state index contributed by atoms with van der Waals surface area (Å²) in [6, 6.07) is 11.3. The van der Waals surface area contributed by atoms with Crippen LogP contribution in [0.3, 0.4) is 0 Å². The van der Waals surface area contributed by atoms with Gasteiger partial charge in [0, 0.05) is 59.1 Å². The molecule has 5 aliphatic rings. The third-order valence-electron chi connectivity index (χ3n) is 10.9. The van der Waals surface area contributed by atoms with Crippen LogP contribution < -0.4 is 28.4 Å². The van der Waals surface area contributed by atoms with Gasteiger partial charge in [0.05, 0.1) is 35.5 Å². The first-order valence-electron chi connectivity index (χ1n) is 17.2. The Balaban J connectivity index is 0.00000401. The quantitative estimate of drug-likeness (QED) is 0.229. The molecule has 258 valence electrons. The number of allylic oxidation sites excluding steroid dienone is 1. The molecule has 1 amide bonds. The molecule has 0 spiro atoms. The van der Waals surface area contributed by atoms with Crippen molar-refractivity contribution in [2.75, 3.05) is 31.1 Å². The summed E-state index contributed by atoms with van der Waals surface area (Å²) in [7, 11) is -4.57. The smallest absolute Gasteiger partial charge is 0.224 e. The van der Waals surface area contributed by atoms with E-state index in [4.69, 9.17) is 4.74 Å². The zero-order chi connectivity index (χ0) is 33.3. The summed E-state index contributed by atoms with van der Waals surface area (Å²) in [5.74, 6) is 0.0632. The molecule has 2 unspecified atom stereocenters. The van der Waals surface area contributed by atoms with Crippen LogP contribution in [0.4, 0.5) is 11.4 Å². The maximum Gasteiger partial charge on any atom is 0.224 e. The number of fused-ring (bicyclic) bond motifs is 8. The summed E-state index contributed by atoms with van der Waals surface area (Å²) >= 11 is 0. The Morgan fingerprint density at radius 3 is 2.54 bits per heavy atom. The minimum Gasteiger partial charge on any atom is -1.00 e. The molecule has 2 aromatic carbocycles. The molecule has 0 saturated heterocycles. The Morgan fingerprint density at radius 1 is 1.02 bits per heavy atom. The molecule has 0 aromatic heterocycles. The zero-order valence-corrected chi connectivity index (χ0v) is 30.0. The third-order valence-corrected chi connectivity index (χ3v) is 11.8. The molecule has 0 radical (unpaired) electrons. The Bertz CT molecular complexity index is 1860. The molecule has 0 fully saturated rings. The summed E-state index contributed by atoms with van der Waals surface area (Å²) in [6.45, 7) is 12.1. The minimum absolute atomic E-state index is 0. The highest BCUT2D eigenvalue weighted by atomic mass is 35.5. The largest absolute Gasteiger partial charge is 1.00 e. The number of rotatable bonds is 9. The van der Waals surface area contributed by atoms with Gasteiger partial charge in [-0.3, -0.25) is 4.79 Å². The topological polar surface area (TPSA) is 129 Å². The lowest BCUT2D eigenvalue weighted by molar-refractivity contribution is -0.445. The van der Waals surface area contributed by atoms with E-state index in [1.54, 1.807) is 12.1 Å². The highest BCUT2D eigenvalue weighted by molar-refractivity contribution is 7.85. The number of hydrogen-bond donors (Lipinski definition) is 2. The van der Waals surface area contributed by atoms with Gasteiger partial charge in [-0.2, -0.15) is 4.58 Å². The molecule has 2 aromatic rings. The van der Waals surface area contributed by atoms with Gasteiger partial charge in [0.2, 0.25) is 11.6 Å². The summed E-state index contributed by atoms with van der Waals surface area (Å²) in [4.78, 5) is 15.1. The van der Waals surface area contributed by atoms with Crippen LogP contribution in [0.15, 0.2) is 64.2 Å². The van der Waals surface area contributed by atoms with Gasteiger partial charge in [-0.25, -0.2) is 8.42 Å². The minimum atomic E-state index is -4.57. The van der Waals surface area contributed by atoms with Crippen molar-refractivity contribution in [2.24, 2.45) is 0 Å². The number of amides is 1. The van der Waals surface area contributed by atoms with Crippen molar-refractivity contribution in [3.05, 3.63) is 76.0 Å². The Hall–Kier alpha value is -3.02. The van der Waals surface area contributed by atoms with Crippen LogP contribution in [0, 0.1) is 0 Å². The van der Waals surface area contributed by atoms with Crippen LogP contribution in [-0.4, -0.2) is 67.6 Å². The molecule has 2 atom stereocenters. The normalized spacial score (nSPS) is 22.9. The van der Waals surface area contributed by atoms with E-state index in [0.717, 1.165) is 86.3 Å². The first kappa shape index (κ1) is 34.8. The number of nitrogens with zero attached hydrogens (tertiary/aromatic N) is 2. The average Bonchev–Trinajstić information content (AvgIpc) is 3.40. The fourth-order valence-electron chi connectivity index (χ4n) is 8.72. The second-order valence-electron chi connectivity index (χ2n) is 14.8. The van der Waals surface area contributed by atoms with E-state index in [-0.39, 0.29) is 40.8 Å².